The minimum Gasteiger partial charge on any atom is -0.364 e. The summed E-state index contributed by atoms with van der Waals surface area (Å²) in [5, 5.41) is 0. The van der Waals surface area contributed by atoms with Gasteiger partial charge in [-0.05, 0) is 59.3 Å². The van der Waals surface area contributed by atoms with Gasteiger partial charge in [0.2, 0.25) is 0 Å². The van der Waals surface area contributed by atoms with Gasteiger partial charge in [0.1, 0.15) is 0 Å². The molecule has 0 aliphatic heterocycles. The molecule has 0 spiro atoms. The largest absolute Gasteiger partial charge is 0.364 e. The fourth-order valence-corrected chi connectivity index (χ4v) is 3.06. The summed E-state index contributed by atoms with van der Waals surface area (Å²) in [6.07, 6.45) is 6.82. The van der Waals surface area contributed by atoms with Gasteiger partial charge in [-0.3, -0.25) is 4.99 Å². The van der Waals surface area contributed by atoms with Gasteiger partial charge in [0, 0.05) is 18.0 Å². The van der Waals surface area contributed by atoms with Crippen molar-refractivity contribution in [2.45, 2.75) is 85.6 Å². The lowest BCUT2D eigenvalue weighted by molar-refractivity contribution is 0.172. The lowest BCUT2D eigenvalue weighted by atomic mass is 9.88. The van der Waals surface area contributed by atoms with E-state index in [0.717, 1.165) is 32.2 Å². The average Bonchev–Trinajstić information content (AvgIpc) is 2.91. The highest BCUT2D eigenvalue weighted by molar-refractivity contribution is 5.82. The molecule has 1 unspecified atom stereocenters. The second-order valence-electron chi connectivity index (χ2n) is 6.51. The lowest BCUT2D eigenvalue weighted by Gasteiger charge is -2.44. The van der Waals surface area contributed by atoms with E-state index >= 15 is 0 Å². The molecule has 1 aliphatic rings. The molecule has 0 saturated heterocycles. The number of hydrogen-bond acceptors (Lipinski definition) is 2. The predicted molar refractivity (Wildman–Crippen MR) is 94.8 cm³/mol. The van der Waals surface area contributed by atoms with Crippen LogP contribution in [0.3, 0.4) is 0 Å². The van der Waals surface area contributed by atoms with Crippen LogP contribution >= 0.6 is 0 Å². The van der Waals surface area contributed by atoms with E-state index in [1.54, 1.807) is 0 Å². The van der Waals surface area contributed by atoms with Crippen LogP contribution in [0, 0.1) is 0 Å². The predicted octanol–water partition coefficient (Wildman–Crippen LogP) is 5.71. The molecule has 2 nitrogen and oxygen atoms in total. The first-order valence-corrected chi connectivity index (χ1v) is 8.60. The fourth-order valence-electron chi connectivity index (χ4n) is 3.06. The van der Waals surface area contributed by atoms with E-state index in [2.05, 4.69) is 53.0 Å². The molecule has 0 radical (unpaired) electrons. The lowest BCUT2D eigenvalue weighted by Crippen LogP contribution is -2.46. The quantitative estimate of drug-likeness (QED) is 0.413. The number of allylic oxidation sites excluding steroid dienone is 2. The normalized spacial score (nSPS) is 18.9. The van der Waals surface area contributed by atoms with Crippen LogP contribution in [0.1, 0.15) is 80.1 Å². The number of hydrogen-bond donors (Lipinski definition) is 0. The zero-order valence-electron chi connectivity index (χ0n) is 15.1. The van der Waals surface area contributed by atoms with Gasteiger partial charge >= 0.3 is 0 Å². The van der Waals surface area contributed by atoms with Crippen molar-refractivity contribution in [3.63, 3.8) is 0 Å². The summed E-state index contributed by atoms with van der Waals surface area (Å²) in [6.45, 7) is 18.7. The van der Waals surface area contributed by atoms with Gasteiger partial charge in [0.05, 0.1) is 11.2 Å². The molecule has 0 fully saturated rings. The molecule has 21 heavy (non-hydrogen) atoms. The maximum absolute atomic E-state index is 4.91. The topological polar surface area (TPSA) is 15.6 Å². The second kappa shape index (κ2) is 7.82. The van der Waals surface area contributed by atoms with Gasteiger partial charge in [-0.2, -0.15) is 0 Å². The van der Waals surface area contributed by atoms with Crippen LogP contribution in [-0.2, 0) is 0 Å². The minimum absolute atomic E-state index is 0.0522. The first-order valence-electron chi connectivity index (χ1n) is 8.60. The molecule has 1 atom stereocenters. The van der Waals surface area contributed by atoms with Crippen LogP contribution in [0.4, 0.5) is 0 Å². The van der Waals surface area contributed by atoms with Gasteiger partial charge in [0.15, 0.2) is 0 Å². The third kappa shape index (κ3) is 3.99. The van der Waals surface area contributed by atoms with Crippen molar-refractivity contribution in [1.29, 1.82) is 0 Å². The van der Waals surface area contributed by atoms with Crippen LogP contribution < -0.4 is 0 Å². The molecule has 120 valence electrons. The zero-order valence-corrected chi connectivity index (χ0v) is 15.1. The minimum atomic E-state index is 0.0522. The molecule has 1 rings (SSSR count). The Kier molecular flexibility index (Phi) is 6.70. The Hall–Kier alpha value is -1.05. The van der Waals surface area contributed by atoms with Crippen LogP contribution in [0.5, 0.6) is 0 Å². The van der Waals surface area contributed by atoms with E-state index in [1.807, 2.05) is 0 Å². The van der Waals surface area contributed by atoms with Crippen LogP contribution in [0.15, 0.2) is 28.5 Å². The Labute approximate surface area is 132 Å². The SMILES string of the molecule is C=C(C)C(C)(CC)N(CCC)C1=C(/N=C(/C)CC)CCC1. The molecule has 0 amide bonds. The highest BCUT2D eigenvalue weighted by Crippen LogP contribution is 2.38. The first kappa shape index (κ1) is 18.0. The van der Waals surface area contributed by atoms with E-state index in [0.29, 0.717) is 0 Å². The highest BCUT2D eigenvalue weighted by Gasteiger charge is 2.34. The van der Waals surface area contributed by atoms with E-state index in [-0.39, 0.29) is 5.54 Å². The van der Waals surface area contributed by atoms with Crippen LogP contribution in [0.2, 0.25) is 0 Å². The Morgan fingerprint density at radius 3 is 2.38 bits per heavy atom. The molecule has 0 aromatic carbocycles. The summed E-state index contributed by atoms with van der Waals surface area (Å²) in [6, 6.07) is 0. The monoisotopic (exact) mass is 290 g/mol. The molecule has 0 aromatic rings. The van der Waals surface area contributed by atoms with Crippen molar-refractivity contribution >= 4 is 5.71 Å². The summed E-state index contributed by atoms with van der Waals surface area (Å²) < 4.78 is 0. The third-order valence-corrected chi connectivity index (χ3v) is 4.97. The summed E-state index contributed by atoms with van der Waals surface area (Å²) >= 11 is 0. The Morgan fingerprint density at radius 1 is 1.24 bits per heavy atom. The molecule has 0 saturated carbocycles. The maximum Gasteiger partial charge on any atom is 0.0594 e. The number of nitrogens with zero attached hydrogens (tertiary/aromatic N) is 2. The molecule has 0 bridgehead atoms. The van der Waals surface area contributed by atoms with Gasteiger partial charge < -0.3 is 4.90 Å². The molecule has 1 aliphatic carbocycles. The molecule has 0 aromatic heterocycles. The smallest absolute Gasteiger partial charge is 0.0594 e. The summed E-state index contributed by atoms with van der Waals surface area (Å²) in [4.78, 5) is 7.51. The van der Waals surface area contributed by atoms with E-state index < -0.39 is 0 Å². The summed E-state index contributed by atoms with van der Waals surface area (Å²) in [5.41, 5.74) is 5.35. The molecule has 0 heterocycles. The number of rotatable bonds is 8. The Bertz CT molecular complexity index is 431. The van der Waals surface area contributed by atoms with Crippen molar-refractivity contribution in [3.05, 3.63) is 23.5 Å². The fraction of sp³-hybridized carbons (Fsp3) is 0.737. The Morgan fingerprint density at radius 2 is 1.90 bits per heavy atom. The third-order valence-electron chi connectivity index (χ3n) is 4.97. The van der Waals surface area contributed by atoms with Gasteiger partial charge in [-0.25, -0.2) is 0 Å². The summed E-state index contributed by atoms with van der Waals surface area (Å²) in [5.74, 6) is 0. The summed E-state index contributed by atoms with van der Waals surface area (Å²) in [7, 11) is 0. The van der Waals surface area contributed by atoms with Gasteiger partial charge in [-0.1, -0.05) is 32.9 Å². The van der Waals surface area contributed by atoms with Crippen molar-refractivity contribution in [1.82, 2.24) is 4.90 Å². The van der Waals surface area contributed by atoms with E-state index in [1.165, 1.54) is 35.5 Å². The first-order chi connectivity index (χ1) is 9.90. The second-order valence-corrected chi connectivity index (χ2v) is 6.51. The highest BCUT2D eigenvalue weighted by atomic mass is 15.2. The van der Waals surface area contributed by atoms with E-state index in [4.69, 9.17) is 4.99 Å². The maximum atomic E-state index is 4.91. The van der Waals surface area contributed by atoms with Crippen LogP contribution in [0.25, 0.3) is 0 Å². The average molecular weight is 290 g/mol. The molecular weight excluding hydrogens is 256 g/mol. The number of aliphatic imine (C=N–C) groups is 1. The standard InChI is InChI=1S/C19H34N2/c1-8-14-21(19(7,10-3)15(4)5)18-13-11-12-17(18)20-16(6)9-2/h4,8-14H2,1-3,5-7H3/b20-16-. The Balaban J connectivity index is 3.26. The zero-order chi connectivity index (χ0) is 16.0. The van der Waals surface area contributed by atoms with Gasteiger partial charge in [-0.15, -0.1) is 0 Å². The molecular formula is C19H34N2. The van der Waals surface area contributed by atoms with Crippen molar-refractivity contribution in [2.75, 3.05) is 6.54 Å². The van der Waals surface area contributed by atoms with Crippen molar-refractivity contribution < 1.29 is 0 Å². The van der Waals surface area contributed by atoms with Crippen molar-refractivity contribution in [3.8, 4) is 0 Å². The van der Waals surface area contributed by atoms with Gasteiger partial charge in [0.25, 0.3) is 0 Å². The van der Waals surface area contributed by atoms with Crippen molar-refractivity contribution in [2.24, 2.45) is 4.99 Å². The van der Waals surface area contributed by atoms with Crippen LogP contribution in [-0.4, -0.2) is 22.7 Å². The van der Waals surface area contributed by atoms with E-state index in [9.17, 15) is 0 Å². The molecule has 0 N–H and O–H groups in total. The molecule has 2 heteroatoms.